The van der Waals surface area contributed by atoms with Crippen LogP contribution < -0.4 is 0 Å². The van der Waals surface area contributed by atoms with Gasteiger partial charge < -0.3 is 4.52 Å². The molecule has 1 atom stereocenters. The molecule has 1 saturated heterocycles. The summed E-state index contributed by atoms with van der Waals surface area (Å²) in [6, 6.07) is 0. The van der Waals surface area contributed by atoms with Crippen LogP contribution in [0.5, 0.6) is 0 Å². The summed E-state index contributed by atoms with van der Waals surface area (Å²) in [7, 11) is 1.82. The molecule has 2 amide bonds. The lowest BCUT2D eigenvalue weighted by atomic mass is 10.4. The van der Waals surface area contributed by atoms with Crippen LogP contribution in [0.2, 0.25) is 0 Å². The minimum absolute atomic E-state index is 0.146. The van der Waals surface area contributed by atoms with Crippen LogP contribution in [-0.4, -0.2) is 23.4 Å². The van der Waals surface area contributed by atoms with Gasteiger partial charge in [0.25, 0.3) is 0 Å². The minimum Gasteiger partial charge on any atom is -0.435 e. The quantitative estimate of drug-likeness (QED) is 0.487. The fourth-order valence-electron chi connectivity index (χ4n) is 0.905. The highest BCUT2D eigenvalue weighted by Crippen LogP contribution is 2.11. The first kappa shape index (κ1) is 7.48. The van der Waals surface area contributed by atoms with E-state index in [9.17, 15) is 9.59 Å². The Morgan fingerprint density at radius 2 is 2.40 bits per heavy atom. The van der Waals surface area contributed by atoms with Gasteiger partial charge in [0, 0.05) is 13.0 Å². The second-order valence-electron chi connectivity index (χ2n) is 2.03. The Balaban J connectivity index is 2.55. The third kappa shape index (κ3) is 1.27. The second-order valence-corrected chi connectivity index (χ2v) is 2.27. The maximum atomic E-state index is 10.8. The molecule has 1 aliphatic heterocycles. The van der Waals surface area contributed by atoms with Gasteiger partial charge in [0.15, 0.2) is 0 Å². The van der Waals surface area contributed by atoms with E-state index in [2.05, 4.69) is 4.52 Å². The smallest absolute Gasteiger partial charge is 0.418 e. The van der Waals surface area contributed by atoms with Crippen molar-refractivity contribution in [1.82, 2.24) is 4.90 Å². The molecule has 10 heavy (non-hydrogen) atoms. The van der Waals surface area contributed by atoms with Crippen LogP contribution in [0.4, 0.5) is 4.79 Å². The third-order valence-electron chi connectivity index (χ3n) is 1.39. The molecule has 0 N–H and O–H groups in total. The predicted octanol–water partition coefficient (Wildman–Crippen LogP) is 0.535. The van der Waals surface area contributed by atoms with Crippen molar-refractivity contribution >= 4 is 21.5 Å². The molecule has 1 fully saturated rings. The zero-order valence-electron chi connectivity index (χ0n) is 5.37. The molecular weight excluding hydrogens is 153 g/mol. The van der Waals surface area contributed by atoms with Crippen LogP contribution in [0, 0.1) is 0 Å². The highest BCUT2D eigenvalue weighted by molar-refractivity contribution is 7.10. The summed E-state index contributed by atoms with van der Waals surface area (Å²) in [4.78, 5) is 22.6. The zero-order valence-corrected chi connectivity index (χ0v) is 6.53. The molecule has 0 aromatic heterocycles. The first-order chi connectivity index (χ1) is 4.75. The van der Waals surface area contributed by atoms with Crippen molar-refractivity contribution in [3.05, 3.63) is 0 Å². The fourth-order valence-corrected chi connectivity index (χ4v) is 1.03. The van der Waals surface area contributed by atoms with Gasteiger partial charge in [-0.1, -0.05) is 0 Å². The van der Waals surface area contributed by atoms with Crippen molar-refractivity contribution in [2.24, 2.45) is 0 Å². The monoisotopic (exact) mass is 161 g/mol. The zero-order chi connectivity index (χ0) is 7.56. The topological polar surface area (TPSA) is 46.6 Å². The Morgan fingerprint density at radius 3 is 2.80 bits per heavy atom. The highest BCUT2D eigenvalue weighted by Gasteiger charge is 2.26. The summed E-state index contributed by atoms with van der Waals surface area (Å²) in [5.74, 6) is -0.146. The normalized spacial score (nSPS) is 17.7. The van der Waals surface area contributed by atoms with E-state index in [-0.39, 0.29) is 5.91 Å². The molecule has 1 rings (SSSR count). The van der Waals surface area contributed by atoms with E-state index in [1.807, 2.05) is 9.47 Å². The molecule has 4 nitrogen and oxygen atoms in total. The number of hydrogen-bond donors (Lipinski definition) is 0. The number of imide groups is 1. The Morgan fingerprint density at radius 1 is 1.70 bits per heavy atom. The Kier molecular flexibility index (Phi) is 2.22. The molecule has 0 aromatic carbocycles. The van der Waals surface area contributed by atoms with Crippen LogP contribution in [0.3, 0.4) is 0 Å². The average Bonchev–Trinajstić information content (AvgIpc) is 2.34. The molecule has 1 unspecified atom stereocenters. The minimum atomic E-state index is -0.576. The fraction of sp³-hybridized carbons (Fsp3) is 0.600. The van der Waals surface area contributed by atoms with E-state index < -0.39 is 6.09 Å². The SMILES string of the molecule is O=C1CCCN1C(=O)OP. The van der Waals surface area contributed by atoms with E-state index >= 15 is 0 Å². The van der Waals surface area contributed by atoms with Crippen LogP contribution in [0.15, 0.2) is 0 Å². The average molecular weight is 161 g/mol. The van der Waals surface area contributed by atoms with Crippen molar-refractivity contribution in [2.45, 2.75) is 12.8 Å². The molecule has 56 valence electrons. The lowest BCUT2D eigenvalue weighted by Crippen LogP contribution is -2.30. The van der Waals surface area contributed by atoms with Gasteiger partial charge in [0.2, 0.25) is 5.91 Å². The Bertz CT molecular complexity index is 170. The van der Waals surface area contributed by atoms with Crippen LogP contribution in [0.25, 0.3) is 0 Å². The van der Waals surface area contributed by atoms with Crippen molar-refractivity contribution in [1.29, 1.82) is 0 Å². The van der Waals surface area contributed by atoms with Gasteiger partial charge in [-0.05, 0) is 6.42 Å². The van der Waals surface area contributed by atoms with Crippen molar-refractivity contribution < 1.29 is 14.1 Å². The Hall–Kier alpha value is -0.630. The van der Waals surface area contributed by atoms with E-state index in [1.54, 1.807) is 0 Å². The summed E-state index contributed by atoms with van der Waals surface area (Å²) in [6.45, 7) is 0.492. The van der Waals surface area contributed by atoms with Crippen molar-refractivity contribution in [2.75, 3.05) is 6.54 Å². The molecule has 1 heterocycles. The van der Waals surface area contributed by atoms with Gasteiger partial charge in [0.05, 0.1) is 9.47 Å². The summed E-state index contributed by atoms with van der Waals surface area (Å²) in [5, 5.41) is 0. The third-order valence-corrected chi connectivity index (χ3v) is 1.60. The van der Waals surface area contributed by atoms with E-state index in [0.29, 0.717) is 13.0 Å². The largest absolute Gasteiger partial charge is 0.435 e. The van der Waals surface area contributed by atoms with Crippen LogP contribution in [0.1, 0.15) is 12.8 Å². The number of hydrogen-bond acceptors (Lipinski definition) is 3. The standard InChI is InChI=1S/C5H8NO3P/c7-4-2-1-3-6(4)5(8)9-10/h1-3,10H2. The molecule has 0 radical (unpaired) electrons. The number of carbonyl (C=O) groups excluding carboxylic acids is 2. The van der Waals surface area contributed by atoms with Gasteiger partial charge in [-0.15, -0.1) is 0 Å². The van der Waals surface area contributed by atoms with Gasteiger partial charge >= 0.3 is 6.09 Å². The van der Waals surface area contributed by atoms with Gasteiger partial charge in [0.1, 0.15) is 0 Å². The van der Waals surface area contributed by atoms with Gasteiger partial charge in [-0.3, -0.25) is 4.79 Å². The van der Waals surface area contributed by atoms with Gasteiger partial charge in [-0.25, -0.2) is 9.69 Å². The van der Waals surface area contributed by atoms with Crippen molar-refractivity contribution in [3.8, 4) is 0 Å². The van der Waals surface area contributed by atoms with Crippen LogP contribution in [-0.2, 0) is 9.32 Å². The summed E-state index contributed by atoms with van der Waals surface area (Å²) in [5.41, 5.74) is 0. The second kappa shape index (κ2) is 2.97. The number of amides is 2. The van der Waals surface area contributed by atoms with Crippen molar-refractivity contribution in [3.63, 3.8) is 0 Å². The molecule has 5 heteroatoms. The maximum Gasteiger partial charge on any atom is 0.418 e. The molecule has 0 aliphatic carbocycles. The predicted molar refractivity (Wildman–Crippen MR) is 37.1 cm³/mol. The highest BCUT2D eigenvalue weighted by atomic mass is 31.0. The lowest BCUT2D eigenvalue weighted by Gasteiger charge is -2.09. The first-order valence-electron chi connectivity index (χ1n) is 2.97. The summed E-state index contributed by atoms with van der Waals surface area (Å²) in [6.07, 6.45) is 0.630. The number of nitrogens with zero attached hydrogens (tertiary/aromatic N) is 1. The van der Waals surface area contributed by atoms with Gasteiger partial charge in [-0.2, -0.15) is 0 Å². The molecule has 0 aromatic rings. The van der Waals surface area contributed by atoms with Crippen LogP contribution >= 0.6 is 9.47 Å². The molecule has 0 spiro atoms. The molecule has 0 saturated carbocycles. The first-order valence-corrected chi connectivity index (χ1v) is 3.44. The summed E-state index contributed by atoms with van der Waals surface area (Å²) >= 11 is 0. The number of rotatable bonds is 0. The summed E-state index contributed by atoms with van der Waals surface area (Å²) < 4.78 is 4.29. The lowest BCUT2D eigenvalue weighted by molar-refractivity contribution is -0.125. The Labute approximate surface area is 60.8 Å². The van der Waals surface area contributed by atoms with E-state index in [4.69, 9.17) is 0 Å². The van der Waals surface area contributed by atoms with E-state index in [1.165, 1.54) is 0 Å². The number of carbonyl (C=O) groups is 2. The molecule has 1 aliphatic rings. The molecular formula is C5H8NO3P. The maximum absolute atomic E-state index is 10.8. The van der Waals surface area contributed by atoms with E-state index in [0.717, 1.165) is 11.3 Å². The molecule has 0 bridgehead atoms. The number of likely N-dealkylation sites (tertiary alicyclic amines) is 1.